The lowest BCUT2D eigenvalue weighted by Gasteiger charge is -2.11. The van der Waals surface area contributed by atoms with Crippen molar-refractivity contribution in [1.29, 1.82) is 0 Å². The predicted molar refractivity (Wildman–Crippen MR) is 98.6 cm³/mol. The summed E-state index contributed by atoms with van der Waals surface area (Å²) in [6.07, 6.45) is 2.19. The van der Waals surface area contributed by atoms with Gasteiger partial charge in [0.2, 0.25) is 10.0 Å². The topological polar surface area (TPSA) is 84.0 Å². The Morgan fingerprint density at radius 1 is 1.16 bits per heavy atom. The highest BCUT2D eigenvalue weighted by molar-refractivity contribution is 7.89. The quantitative estimate of drug-likeness (QED) is 0.569. The largest absolute Gasteiger partial charge is 0.369 e. The van der Waals surface area contributed by atoms with E-state index in [1.54, 1.807) is 19.1 Å². The Kier molecular flexibility index (Phi) is 5.27. The number of anilines is 1. The fraction of sp³-hybridized carbons (Fsp3) is 0.412. The van der Waals surface area contributed by atoms with Gasteiger partial charge in [-0.1, -0.05) is 23.7 Å². The van der Waals surface area contributed by atoms with Gasteiger partial charge < -0.3 is 5.32 Å². The highest BCUT2D eigenvalue weighted by Gasteiger charge is 2.27. The Morgan fingerprint density at radius 2 is 1.92 bits per heavy atom. The molecule has 134 valence electrons. The van der Waals surface area contributed by atoms with Crippen molar-refractivity contribution in [2.75, 3.05) is 18.4 Å². The minimum Gasteiger partial charge on any atom is -0.369 e. The summed E-state index contributed by atoms with van der Waals surface area (Å²) >= 11 is 6.02. The minimum atomic E-state index is -3.54. The van der Waals surface area contributed by atoms with E-state index in [9.17, 15) is 8.42 Å². The van der Waals surface area contributed by atoms with Crippen LogP contribution in [0.4, 0.5) is 5.82 Å². The average molecular weight is 381 g/mol. The van der Waals surface area contributed by atoms with E-state index in [0.29, 0.717) is 28.3 Å². The van der Waals surface area contributed by atoms with Crippen LogP contribution >= 0.6 is 11.6 Å². The molecule has 8 heteroatoms. The predicted octanol–water partition coefficient (Wildman–Crippen LogP) is 3.01. The molecule has 1 saturated carbocycles. The second-order valence-electron chi connectivity index (χ2n) is 6.30. The summed E-state index contributed by atoms with van der Waals surface area (Å²) in [7, 11) is -3.54. The molecule has 0 spiro atoms. The molecule has 2 aromatic rings. The average Bonchev–Trinajstić information content (AvgIpc) is 3.38. The fourth-order valence-electron chi connectivity index (χ4n) is 2.50. The van der Waals surface area contributed by atoms with Gasteiger partial charge in [-0.3, -0.25) is 0 Å². The zero-order valence-corrected chi connectivity index (χ0v) is 15.8. The third-order valence-corrected chi connectivity index (χ3v) is 5.81. The third-order valence-electron chi connectivity index (χ3n) is 4.01. The van der Waals surface area contributed by atoms with Crippen molar-refractivity contribution in [3.05, 3.63) is 46.4 Å². The van der Waals surface area contributed by atoms with Crippen molar-refractivity contribution in [1.82, 2.24) is 14.7 Å². The SMILES string of the molecule is Cc1ccc(C)c(S(=O)(=O)NCCNc2cc(Cl)nc(C3CC3)n2)c1. The molecule has 3 rings (SSSR count). The number of halogens is 1. The van der Waals surface area contributed by atoms with Gasteiger partial charge in [0.05, 0.1) is 4.90 Å². The van der Waals surface area contributed by atoms with Crippen molar-refractivity contribution in [2.24, 2.45) is 0 Å². The first-order valence-electron chi connectivity index (χ1n) is 8.20. The molecule has 1 aromatic carbocycles. The number of sulfonamides is 1. The third kappa shape index (κ3) is 4.68. The molecular weight excluding hydrogens is 360 g/mol. The molecule has 1 heterocycles. The second-order valence-corrected chi connectivity index (χ2v) is 8.42. The van der Waals surface area contributed by atoms with Gasteiger partial charge in [-0.25, -0.2) is 23.1 Å². The van der Waals surface area contributed by atoms with E-state index in [1.807, 2.05) is 19.1 Å². The van der Waals surface area contributed by atoms with Crippen LogP contribution in [0.1, 0.15) is 35.7 Å². The maximum absolute atomic E-state index is 12.4. The van der Waals surface area contributed by atoms with E-state index in [0.717, 1.165) is 29.8 Å². The van der Waals surface area contributed by atoms with Crippen LogP contribution in [-0.4, -0.2) is 31.5 Å². The van der Waals surface area contributed by atoms with Crippen LogP contribution in [0.15, 0.2) is 29.2 Å². The Balaban J connectivity index is 1.58. The molecule has 0 aliphatic heterocycles. The van der Waals surface area contributed by atoms with Crippen LogP contribution in [0.5, 0.6) is 0 Å². The number of aryl methyl sites for hydroxylation is 2. The molecule has 0 unspecified atom stereocenters. The standard InChI is InChI=1S/C17H21ClN4O2S/c1-11-3-4-12(2)14(9-11)25(23,24)20-8-7-19-16-10-15(18)21-17(22-16)13-5-6-13/h3-4,9-10,13,20H,5-8H2,1-2H3,(H,19,21,22). The van der Waals surface area contributed by atoms with Crippen LogP contribution in [0.25, 0.3) is 0 Å². The molecular formula is C17H21ClN4O2S. The number of hydrogen-bond acceptors (Lipinski definition) is 5. The Hall–Kier alpha value is -1.70. The van der Waals surface area contributed by atoms with Gasteiger partial charge in [0.25, 0.3) is 0 Å². The number of nitrogens with one attached hydrogen (secondary N) is 2. The first-order valence-corrected chi connectivity index (χ1v) is 10.1. The molecule has 0 bridgehead atoms. The minimum absolute atomic E-state index is 0.246. The maximum Gasteiger partial charge on any atom is 0.240 e. The molecule has 0 radical (unpaired) electrons. The lowest BCUT2D eigenvalue weighted by molar-refractivity contribution is 0.582. The molecule has 0 amide bonds. The van der Waals surface area contributed by atoms with Gasteiger partial charge in [0.1, 0.15) is 16.8 Å². The van der Waals surface area contributed by atoms with Crippen molar-refractivity contribution in [3.63, 3.8) is 0 Å². The summed E-state index contributed by atoms with van der Waals surface area (Å²) in [5, 5.41) is 3.49. The van der Waals surface area contributed by atoms with E-state index >= 15 is 0 Å². The zero-order chi connectivity index (χ0) is 18.0. The maximum atomic E-state index is 12.4. The monoisotopic (exact) mass is 380 g/mol. The molecule has 0 atom stereocenters. The summed E-state index contributed by atoms with van der Waals surface area (Å²) in [6, 6.07) is 7.03. The van der Waals surface area contributed by atoms with Gasteiger partial charge in [0, 0.05) is 25.1 Å². The van der Waals surface area contributed by atoms with Gasteiger partial charge in [-0.05, 0) is 43.9 Å². The molecule has 2 N–H and O–H groups in total. The molecule has 1 fully saturated rings. The van der Waals surface area contributed by atoms with Crippen molar-refractivity contribution < 1.29 is 8.42 Å². The van der Waals surface area contributed by atoms with E-state index in [-0.39, 0.29) is 6.54 Å². The Labute approximate surface area is 153 Å². The first kappa shape index (κ1) is 18.1. The number of nitrogens with zero attached hydrogens (tertiary/aromatic N) is 2. The molecule has 1 aromatic heterocycles. The molecule has 6 nitrogen and oxygen atoms in total. The summed E-state index contributed by atoms with van der Waals surface area (Å²) in [4.78, 5) is 8.97. The molecule has 1 aliphatic carbocycles. The van der Waals surface area contributed by atoms with Crippen LogP contribution in [0, 0.1) is 13.8 Å². The summed E-state index contributed by atoms with van der Waals surface area (Å²) in [6.45, 7) is 4.31. The van der Waals surface area contributed by atoms with Crippen molar-refractivity contribution >= 4 is 27.4 Å². The van der Waals surface area contributed by atoms with Crippen LogP contribution in [0.3, 0.4) is 0 Å². The van der Waals surface area contributed by atoms with Crippen LogP contribution in [-0.2, 0) is 10.0 Å². The zero-order valence-electron chi connectivity index (χ0n) is 14.2. The lowest BCUT2D eigenvalue weighted by atomic mass is 10.2. The summed E-state index contributed by atoms with van der Waals surface area (Å²) in [5.74, 6) is 1.78. The van der Waals surface area contributed by atoms with E-state index in [4.69, 9.17) is 11.6 Å². The van der Waals surface area contributed by atoms with Gasteiger partial charge in [-0.2, -0.15) is 0 Å². The van der Waals surface area contributed by atoms with Gasteiger partial charge >= 0.3 is 0 Å². The Morgan fingerprint density at radius 3 is 2.64 bits per heavy atom. The highest BCUT2D eigenvalue weighted by atomic mass is 35.5. The fourth-order valence-corrected chi connectivity index (χ4v) is 4.05. The van der Waals surface area contributed by atoms with Crippen molar-refractivity contribution in [3.8, 4) is 0 Å². The first-order chi connectivity index (χ1) is 11.8. The molecule has 1 aliphatic rings. The van der Waals surface area contributed by atoms with Gasteiger partial charge in [0.15, 0.2) is 0 Å². The summed E-state index contributed by atoms with van der Waals surface area (Å²) < 4.78 is 27.5. The Bertz CT molecular complexity index is 882. The molecule has 0 saturated heterocycles. The smallest absolute Gasteiger partial charge is 0.240 e. The van der Waals surface area contributed by atoms with Gasteiger partial charge in [-0.15, -0.1) is 0 Å². The lowest BCUT2D eigenvalue weighted by Crippen LogP contribution is -2.29. The van der Waals surface area contributed by atoms with Crippen LogP contribution in [0.2, 0.25) is 5.15 Å². The normalized spacial score (nSPS) is 14.5. The van der Waals surface area contributed by atoms with E-state index in [2.05, 4.69) is 20.0 Å². The number of rotatable bonds is 7. The van der Waals surface area contributed by atoms with E-state index < -0.39 is 10.0 Å². The number of aromatic nitrogens is 2. The van der Waals surface area contributed by atoms with Crippen molar-refractivity contribution in [2.45, 2.75) is 37.5 Å². The second kappa shape index (κ2) is 7.27. The number of hydrogen-bond donors (Lipinski definition) is 2. The molecule has 25 heavy (non-hydrogen) atoms. The number of benzene rings is 1. The van der Waals surface area contributed by atoms with E-state index in [1.165, 1.54) is 0 Å². The summed E-state index contributed by atoms with van der Waals surface area (Å²) in [5.41, 5.74) is 1.63. The highest BCUT2D eigenvalue weighted by Crippen LogP contribution is 2.38. The van der Waals surface area contributed by atoms with Crippen LogP contribution < -0.4 is 10.0 Å².